The van der Waals surface area contributed by atoms with Gasteiger partial charge in [-0.3, -0.25) is 0 Å². The number of likely N-dealkylation sites (N-methyl/N-ethyl adjacent to an activating group) is 1. The summed E-state index contributed by atoms with van der Waals surface area (Å²) < 4.78 is 5.68. The van der Waals surface area contributed by atoms with Crippen LogP contribution in [-0.2, 0) is 0 Å². The topological polar surface area (TPSA) is 38.5 Å². The molecule has 1 aromatic carbocycles. The van der Waals surface area contributed by atoms with Gasteiger partial charge in [-0.15, -0.1) is 0 Å². The van der Waals surface area contributed by atoms with E-state index in [1.807, 2.05) is 6.07 Å². The van der Waals surface area contributed by atoms with Crippen LogP contribution in [-0.4, -0.2) is 38.2 Å². The summed E-state index contributed by atoms with van der Waals surface area (Å²) in [6.07, 6.45) is 0. The zero-order valence-electron chi connectivity index (χ0n) is 10.5. The maximum Gasteiger partial charge on any atom is 0.119 e. The summed E-state index contributed by atoms with van der Waals surface area (Å²) in [5, 5.41) is 0. The Morgan fingerprint density at radius 3 is 2.56 bits per heavy atom. The molecule has 0 amide bonds. The Balaban J connectivity index is 2.34. The molecule has 0 aromatic heterocycles. The first-order valence-corrected chi connectivity index (χ1v) is 5.72. The van der Waals surface area contributed by atoms with Crippen LogP contribution in [0, 0.1) is 13.8 Å². The van der Waals surface area contributed by atoms with Gasteiger partial charge in [0.25, 0.3) is 0 Å². The van der Waals surface area contributed by atoms with E-state index in [9.17, 15) is 0 Å². The molecule has 2 N–H and O–H groups in total. The lowest BCUT2D eigenvalue weighted by atomic mass is 10.1. The highest BCUT2D eigenvalue weighted by Crippen LogP contribution is 2.16. The summed E-state index contributed by atoms with van der Waals surface area (Å²) in [5.41, 5.74) is 8.04. The minimum Gasteiger partial charge on any atom is -0.492 e. The van der Waals surface area contributed by atoms with E-state index < -0.39 is 0 Å². The lowest BCUT2D eigenvalue weighted by molar-refractivity contribution is 0.241. The van der Waals surface area contributed by atoms with Crippen LogP contribution < -0.4 is 10.5 Å². The molecule has 0 saturated carbocycles. The molecule has 0 aliphatic rings. The van der Waals surface area contributed by atoms with Crippen molar-refractivity contribution in [3.05, 3.63) is 29.3 Å². The van der Waals surface area contributed by atoms with Crippen molar-refractivity contribution >= 4 is 0 Å². The van der Waals surface area contributed by atoms with Crippen molar-refractivity contribution in [1.82, 2.24) is 4.90 Å². The van der Waals surface area contributed by atoms with E-state index in [2.05, 4.69) is 37.9 Å². The molecule has 0 radical (unpaired) electrons. The smallest absolute Gasteiger partial charge is 0.119 e. The summed E-state index contributed by atoms with van der Waals surface area (Å²) in [5.74, 6) is 0.948. The van der Waals surface area contributed by atoms with Crippen LogP contribution in [0.2, 0.25) is 0 Å². The van der Waals surface area contributed by atoms with E-state index in [-0.39, 0.29) is 0 Å². The summed E-state index contributed by atoms with van der Waals surface area (Å²) >= 11 is 0. The van der Waals surface area contributed by atoms with Gasteiger partial charge in [-0.1, -0.05) is 6.07 Å². The van der Waals surface area contributed by atoms with E-state index in [4.69, 9.17) is 10.5 Å². The molecule has 3 heteroatoms. The highest BCUT2D eigenvalue weighted by atomic mass is 16.5. The number of aryl methyl sites for hydroxylation is 2. The molecule has 3 nitrogen and oxygen atoms in total. The van der Waals surface area contributed by atoms with Crippen molar-refractivity contribution in [2.24, 2.45) is 5.73 Å². The Kier molecular flexibility index (Phi) is 5.29. The third kappa shape index (κ3) is 4.21. The van der Waals surface area contributed by atoms with E-state index >= 15 is 0 Å². The van der Waals surface area contributed by atoms with Crippen LogP contribution in [0.4, 0.5) is 0 Å². The van der Waals surface area contributed by atoms with Crippen molar-refractivity contribution in [2.75, 3.05) is 33.3 Å². The van der Waals surface area contributed by atoms with Gasteiger partial charge in [0.1, 0.15) is 12.4 Å². The molecule has 0 aliphatic carbocycles. The Hall–Kier alpha value is -1.06. The minimum absolute atomic E-state index is 0.695. The predicted octanol–water partition coefficient (Wildman–Crippen LogP) is 1.57. The second kappa shape index (κ2) is 6.51. The summed E-state index contributed by atoms with van der Waals surface area (Å²) in [6, 6.07) is 6.19. The Labute approximate surface area is 98.2 Å². The third-order valence-electron chi connectivity index (χ3n) is 2.73. The van der Waals surface area contributed by atoms with Crippen LogP contribution >= 0.6 is 0 Å². The van der Waals surface area contributed by atoms with Crippen molar-refractivity contribution in [3.8, 4) is 5.75 Å². The highest BCUT2D eigenvalue weighted by molar-refractivity contribution is 5.33. The first kappa shape index (κ1) is 13.0. The number of nitrogens with two attached hydrogens (primary N) is 1. The fourth-order valence-electron chi connectivity index (χ4n) is 1.46. The Bertz CT molecular complexity index is 326. The number of hydrogen-bond donors (Lipinski definition) is 1. The molecule has 16 heavy (non-hydrogen) atoms. The van der Waals surface area contributed by atoms with Crippen LogP contribution in [0.15, 0.2) is 18.2 Å². The van der Waals surface area contributed by atoms with Crippen LogP contribution in [0.5, 0.6) is 5.75 Å². The van der Waals surface area contributed by atoms with Gasteiger partial charge in [-0.25, -0.2) is 0 Å². The first-order chi connectivity index (χ1) is 7.63. The van der Waals surface area contributed by atoms with E-state index in [1.54, 1.807) is 0 Å². The molecule has 0 heterocycles. The van der Waals surface area contributed by atoms with E-state index in [0.29, 0.717) is 13.2 Å². The zero-order valence-corrected chi connectivity index (χ0v) is 10.5. The molecule has 1 aromatic rings. The van der Waals surface area contributed by atoms with Gasteiger partial charge in [-0.2, -0.15) is 0 Å². The lowest BCUT2D eigenvalue weighted by Crippen LogP contribution is -2.29. The number of ether oxygens (including phenoxy) is 1. The van der Waals surface area contributed by atoms with Crippen LogP contribution in [0.1, 0.15) is 11.1 Å². The summed E-state index contributed by atoms with van der Waals surface area (Å²) in [4.78, 5) is 2.17. The Morgan fingerprint density at radius 1 is 1.19 bits per heavy atom. The fourth-order valence-corrected chi connectivity index (χ4v) is 1.46. The average molecular weight is 222 g/mol. The molecule has 0 saturated heterocycles. The SMILES string of the molecule is Cc1ccc(OCCN(C)CCN)cc1C. The van der Waals surface area contributed by atoms with Gasteiger partial charge in [0, 0.05) is 19.6 Å². The number of rotatable bonds is 6. The van der Waals surface area contributed by atoms with Crippen molar-refractivity contribution in [1.29, 1.82) is 0 Å². The van der Waals surface area contributed by atoms with E-state index in [0.717, 1.165) is 18.8 Å². The molecular formula is C13H22N2O. The number of nitrogens with zero attached hydrogens (tertiary/aromatic N) is 1. The Morgan fingerprint density at radius 2 is 1.94 bits per heavy atom. The lowest BCUT2D eigenvalue weighted by Gasteiger charge is -2.16. The standard InChI is InChI=1S/C13H22N2O/c1-11-4-5-13(10-12(11)2)16-9-8-15(3)7-6-14/h4-5,10H,6-9,14H2,1-3H3. The van der Waals surface area contributed by atoms with Gasteiger partial charge >= 0.3 is 0 Å². The van der Waals surface area contributed by atoms with Gasteiger partial charge in [0.2, 0.25) is 0 Å². The quantitative estimate of drug-likeness (QED) is 0.794. The van der Waals surface area contributed by atoms with Gasteiger partial charge in [0.05, 0.1) is 0 Å². The molecule has 0 fully saturated rings. The normalized spacial score (nSPS) is 10.8. The van der Waals surface area contributed by atoms with Crippen molar-refractivity contribution in [3.63, 3.8) is 0 Å². The second-order valence-corrected chi connectivity index (χ2v) is 4.19. The van der Waals surface area contributed by atoms with Crippen LogP contribution in [0.25, 0.3) is 0 Å². The monoisotopic (exact) mass is 222 g/mol. The first-order valence-electron chi connectivity index (χ1n) is 5.72. The van der Waals surface area contributed by atoms with Gasteiger partial charge < -0.3 is 15.4 Å². The largest absolute Gasteiger partial charge is 0.492 e. The fraction of sp³-hybridized carbons (Fsp3) is 0.538. The van der Waals surface area contributed by atoms with Crippen molar-refractivity contribution < 1.29 is 4.74 Å². The maximum absolute atomic E-state index is 5.68. The third-order valence-corrected chi connectivity index (χ3v) is 2.73. The average Bonchev–Trinajstić information content (AvgIpc) is 2.24. The number of hydrogen-bond acceptors (Lipinski definition) is 3. The maximum atomic E-state index is 5.68. The number of benzene rings is 1. The summed E-state index contributed by atoms with van der Waals surface area (Å²) in [7, 11) is 2.05. The zero-order chi connectivity index (χ0) is 12.0. The molecule has 1 rings (SSSR count). The van der Waals surface area contributed by atoms with E-state index in [1.165, 1.54) is 11.1 Å². The van der Waals surface area contributed by atoms with Crippen molar-refractivity contribution in [2.45, 2.75) is 13.8 Å². The van der Waals surface area contributed by atoms with Crippen LogP contribution in [0.3, 0.4) is 0 Å². The highest BCUT2D eigenvalue weighted by Gasteiger charge is 1.99. The molecule has 0 spiro atoms. The van der Waals surface area contributed by atoms with Gasteiger partial charge in [0.15, 0.2) is 0 Å². The molecule has 0 bridgehead atoms. The summed E-state index contributed by atoms with van der Waals surface area (Å²) in [6.45, 7) is 7.43. The molecule has 0 unspecified atom stereocenters. The van der Waals surface area contributed by atoms with Gasteiger partial charge in [-0.05, 0) is 44.2 Å². The predicted molar refractivity (Wildman–Crippen MR) is 68.0 cm³/mol. The molecule has 0 atom stereocenters. The molecule has 0 aliphatic heterocycles. The second-order valence-electron chi connectivity index (χ2n) is 4.19. The molecular weight excluding hydrogens is 200 g/mol. The minimum atomic E-state index is 0.695. The molecule has 90 valence electrons.